The predicted octanol–water partition coefficient (Wildman–Crippen LogP) is 2.67. The second kappa shape index (κ2) is 9.27. The van der Waals surface area contributed by atoms with Crippen LogP contribution in [0, 0.1) is 10.1 Å². The first-order chi connectivity index (χ1) is 15.4. The molecule has 3 aromatic rings. The third-order valence-electron chi connectivity index (χ3n) is 5.54. The van der Waals surface area contributed by atoms with E-state index in [1.165, 1.54) is 12.1 Å². The van der Waals surface area contributed by atoms with Gasteiger partial charge in [-0.1, -0.05) is 11.6 Å². The molecule has 2 heterocycles. The number of amides is 2. The van der Waals surface area contributed by atoms with Crippen LogP contribution in [0.4, 0.5) is 11.4 Å². The molecule has 10 heteroatoms. The average molecular weight is 456 g/mol. The molecule has 1 aliphatic heterocycles. The molecule has 1 aliphatic rings. The number of benzene rings is 2. The van der Waals surface area contributed by atoms with Crippen molar-refractivity contribution in [1.29, 1.82) is 0 Å². The van der Waals surface area contributed by atoms with Gasteiger partial charge in [-0.15, -0.1) is 0 Å². The molecule has 1 saturated heterocycles. The quantitative estimate of drug-likeness (QED) is 0.455. The smallest absolute Gasteiger partial charge is 0.270 e. The highest BCUT2D eigenvalue weighted by atomic mass is 35.5. The molecule has 1 fully saturated rings. The maximum Gasteiger partial charge on any atom is 0.270 e. The lowest BCUT2D eigenvalue weighted by Gasteiger charge is -2.36. The zero-order valence-corrected chi connectivity index (χ0v) is 18.0. The molecule has 0 aliphatic carbocycles. The number of fused-ring (bicyclic) bond motifs is 1. The van der Waals surface area contributed by atoms with Crippen LogP contribution >= 0.6 is 11.6 Å². The number of aromatic nitrogens is 1. The van der Waals surface area contributed by atoms with E-state index in [-0.39, 0.29) is 30.6 Å². The number of nitrogens with zero attached hydrogens (tertiary/aromatic N) is 4. The molecule has 4 rings (SSSR count). The highest BCUT2D eigenvalue weighted by Gasteiger charge is 2.21. The topological polar surface area (TPSA) is 101 Å². The zero-order chi connectivity index (χ0) is 22.7. The molecular weight excluding hydrogens is 434 g/mol. The minimum Gasteiger partial charge on any atom is -0.368 e. The summed E-state index contributed by atoms with van der Waals surface area (Å²) < 4.78 is 1.70. The lowest BCUT2D eigenvalue weighted by molar-refractivity contribution is -0.384. The van der Waals surface area contributed by atoms with E-state index < -0.39 is 4.92 Å². The van der Waals surface area contributed by atoms with Crippen LogP contribution in [0.5, 0.6) is 0 Å². The third-order valence-corrected chi connectivity index (χ3v) is 5.79. The number of hydrogen-bond acceptors (Lipinski definition) is 5. The van der Waals surface area contributed by atoms with Crippen LogP contribution in [-0.4, -0.2) is 58.9 Å². The number of halogens is 1. The van der Waals surface area contributed by atoms with E-state index in [4.69, 9.17) is 11.6 Å². The van der Waals surface area contributed by atoms with Crippen LogP contribution < -0.4 is 10.2 Å². The maximum atomic E-state index is 12.5. The number of carbonyl (C=O) groups excluding carboxylic acids is 2. The molecule has 1 N–H and O–H groups in total. The summed E-state index contributed by atoms with van der Waals surface area (Å²) in [6, 6.07) is 13.8. The SMILES string of the molecule is O=C(Cn1ccc2cc([N+](=O)[O-])ccc21)NCC(=O)N1CCN(c2ccc(Cl)cc2)CC1. The van der Waals surface area contributed by atoms with Crippen molar-refractivity contribution in [2.75, 3.05) is 37.6 Å². The summed E-state index contributed by atoms with van der Waals surface area (Å²) in [6.45, 7) is 2.55. The van der Waals surface area contributed by atoms with E-state index in [1.807, 2.05) is 24.3 Å². The highest BCUT2D eigenvalue weighted by molar-refractivity contribution is 6.30. The number of carbonyl (C=O) groups is 2. The van der Waals surface area contributed by atoms with E-state index >= 15 is 0 Å². The number of nitro groups is 1. The number of anilines is 1. The summed E-state index contributed by atoms with van der Waals surface area (Å²) in [6.07, 6.45) is 1.70. The van der Waals surface area contributed by atoms with E-state index in [0.29, 0.717) is 36.6 Å². The van der Waals surface area contributed by atoms with Crippen LogP contribution in [0.15, 0.2) is 54.7 Å². The van der Waals surface area contributed by atoms with Gasteiger partial charge in [0.15, 0.2) is 0 Å². The van der Waals surface area contributed by atoms with Gasteiger partial charge in [0.1, 0.15) is 6.54 Å². The number of rotatable bonds is 6. The molecule has 32 heavy (non-hydrogen) atoms. The molecule has 9 nitrogen and oxygen atoms in total. The van der Waals surface area contributed by atoms with E-state index in [2.05, 4.69) is 10.2 Å². The Bertz CT molecular complexity index is 1150. The van der Waals surface area contributed by atoms with Crippen molar-refractivity contribution >= 4 is 45.7 Å². The molecule has 0 saturated carbocycles. The molecule has 2 amide bonds. The minimum absolute atomic E-state index is 0.00135. The van der Waals surface area contributed by atoms with E-state index in [9.17, 15) is 19.7 Å². The van der Waals surface area contributed by atoms with Crippen molar-refractivity contribution in [1.82, 2.24) is 14.8 Å². The summed E-state index contributed by atoms with van der Waals surface area (Å²) in [5, 5.41) is 14.9. The van der Waals surface area contributed by atoms with E-state index in [1.54, 1.807) is 27.8 Å². The molecule has 2 aromatic carbocycles. The maximum absolute atomic E-state index is 12.5. The largest absolute Gasteiger partial charge is 0.368 e. The Hall–Kier alpha value is -3.59. The van der Waals surface area contributed by atoms with E-state index in [0.717, 1.165) is 11.2 Å². The predicted molar refractivity (Wildman–Crippen MR) is 122 cm³/mol. The molecule has 0 radical (unpaired) electrons. The van der Waals surface area contributed by atoms with Gasteiger partial charge in [-0.05, 0) is 36.4 Å². The Morgan fingerprint density at radius 1 is 1.03 bits per heavy atom. The van der Waals surface area contributed by atoms with Crippen LogP contribution in [0.25, 0.3) is 10.9 Å². The lowest BCUT2D eigenvalue weighted by Crippen LogP contribution is -2.51. The standard InChI is InChI=1S/C22H22ClN5O4/c23-17-1-3-18(4-2-17)25-9-11-26(12-10-25)22(30)14-24-21(29)15-27-8-7-16-13-19(28(31)32)5-6-20(16)27/h1-8,13H,9-12,14-15H2,(H,24,29). The normalized spacial score (nSPS) is 13.9. The fraction of sp³-hybridized carbons (Fsp3) is 0.273. The second-order valence-electron chi connectivity index (χ2n) is 7.56. The second-order valence-corrected chi connectivity index (χ2v) is 8.00. The first-order valence-electron chi connectivity index (χ1n) is 10.2. The summed E-state index contributed by atoms with van der Waals surface area (Å²) in [4.78, 5) is 39.3. The van der Waals surface area contributed by atoms with Gasteiger partial charge in [0, 0.05) is 66.1 Å². The van der Waals surface area contributed by atoms with Crippen LogP contribution in [-0.2, 0) is 16.1 Å². The van der Waals surface area contributed by atoms with Crippen molar-refractivity contribution < 1.29 is 14.5 Å². The number of non-ortho nitro benzene ring substituents is 1. The van der Waals surface area contributed by atoms with Crippen molar-refractivity contribution in [3.8, 4) is 0 Å². The fourth-order valence-corrected chi connectivity index (χ4v) is 3.93. The summed E-state index contributed by atoms with van der Waals surface area (Å²) >= 11 is 5.93. The van der Waals surface area contributed by atoms with Crippen LogP contribution in [0.2, 0.25) is 5.02 Å². The number of hydrogen-bond donors (Lipinski definition) is 1. The monoisotopic (exact) mass is 455 g/mol. The van der Waals surface area contributed by atoms with Crippen molar-refractivity contribution in [2.45, 2.75) is 6.54 Å². The van der Waals surface area contributed by atoms with Crippen molar-refractivity contribution in [3.63, 3.8) is 0 Å². The number of nitro benzene ring substituents is 1. The lowest BCUT2D eigenvalue weighted by atomic mass is 10.2. The Morgan fingerprint density at radius 3 is 2.44 bits per heavy atom. The van der Waals surface area contributed by atoms with Crippen LogP contribution in [0.1, 0.15) is 0 Å². The molecule has 0 spiro atoms. The molecule has 1 aromatic heterocycles. The highest BCUT2D eigenvalue weighted by Crippen LogP contribution is 2.22. The van der Waals surface area contributed by atoms with Gasteiger partial charge in [0.25, 0.3) is 5.69 Å². The van der Waals surface area contributed by atoms with Gasteiger partial charge in [-0.3, -0.25) is 19.7 Å². The van der Waals surface area contributed by atoms with Gasteiger partial charge >= 0.3 is 0 Å². The molecule has 0 atom stereocenters. The fourth-order valence-electron chi connectivity index (χ4n) is 3.80. The molecule has 0 unspecified atom stereocenters. The number of piperazine rings is 1. The Morgan fingerprint density at radius 2 is 1.75 bits per heavy atom. The molecule has 166 valence electrons. The third kappa shape index (κ3) is 4.83. The first kappa shape index (κ1) is 21.6. The van der Waals surface area contributed by atoms with Gasteiger partial charge < -0.3 is 19.7 Å². The van der Waals surface area contributed by atoms with Gasteiger partial charge in [-0.25, -0.2) is 0 Å². The van der Waals surface area contributed by atoms with Gasteiger partial charge in [-0.2, -0.15) is 0 Å². The van der Waals surface area contributed by atoms with Crippen molar-refractivity contribution in [2.24, 2.45) is 0 Å². The summed E-state index contributed by atoms with van der Waals surface area (Å²) in [5.74, 6) is -0.420. The van der Waals surface area contributed by atoms with Crippen molar-refractivity contribution in [3.05, 3.63) is 69.9 Å². The van der Waals surface area contributed by atoms with Crippen LogP contribution in [0.3, 0.4) is 0 Å². The minimum atomic E-state index is -0.454. The summed E-state index contributed by atoms with van der Waals surface area (Å²) in [5.41, 5.74) is 1.79. The van der Waals surface area contributed by atoms with Gasteiger partial charge in [0.05, 0.1) is 11.5 Å². The zero-order valence-electron chi connectivity index (χ0n) is 17.2. The Labute approximate surface area is 189 Å². The molecular formula is C22H22ClN5O4. The molecule has 0 bridgehead atoms. The van der Waals surface area contributed by atoms with Gasteiger partial charge in [0.2, 0.25) is 11.8 Å². The summed E-state index contributed by atoms with van der Waals surface area (Å²) in [7, 11) is 0. The average Bonchev–Trinajstić information content (AvgIpc) is 3.20. The Kier molecular flexibility index (Phi) is 6.27. The first-order valence-corrected chi connectivity index (χ1v) is 10.6. The Balaban J connectivity index is 1.26. The number of nitrogens with one attached hydrogen (secondary N) is 1.